The van der Waals surface area contributed by atoms with Gasteiger partial charge >= 0.3 is 0 Å². The highest BCUT2D eigenvalue weighted by Crippen LogP contribution is 2.29. The Kier molecular flexibility index (Phi) is 4.01. The van der Waals surface area contributed by atoms with E-state index in [-0.39, 0.29) is 0 Å². The third-order valence-electron chi connectivity index (χ3n) is 5.38. The normalized spacial score (nSPS) is 11.4. The SMILES string of the molecule is COc1ccc(-c2nc3c4c(C)c(C)n(Cc5ccncc5)c4ncn3n2)cc1. The van der Waals surface area contributed by atoms with Crippen molar-refractivity contribution in [2.24, 2.45) is 0 Å². The van der Waals surface area contributed by atoms with Crippen molar-refractivity contribution in [1.82, 2.24) is 29.1 Å². The molecular weight excluding hydrogens is 364 g/mol. The Labute approximate surface area is 167 Å². The second kappa shape index (κ2) is 6.70. The van der Waals surface area contributed by atoms with E-state index >= 15 is 0 Å². The summed E-state index contributed by atoms with van der Waals surface area (Å²) in [6, 6.07) is 11.8. The molecule has 0 aliphatic rings. The number of aryl methyl sites for hydroxylation is 1. The van der Waals surface area contributed by atoms with Crippen molar-refractivity contribution >= 4 is 16.7 Å². The van der Waals surface area contributed by atoms with Crippen molar-refractivity contribution < 1.29 is 4.74 Å². The summed E-state index contributed by atoms with van der Waals surface area (Å²) in [6.45, 7) is 4.97. The quantitative estimate of drug-likeness (QED) is 0.471. The Balaban J connectivity index is 1.66. The fourth-order valence-electron chi connectivity index (χ4n) is 3.66. The second-order valence-electron chi connectivity index (χ2n) is 7.03. The van der Waals surface area contributed by atoms with E-state index in [1.54, 1.807) is 18.0 Å². The smallest absolute Gasteiger partial charge is 0.182 e. The highest BCUT2D eigenvalue weighted by molar-refractivity contribution is 5.94. The first-order valence-electron chi connectivity index (χ1n) is 9.40. The molecule has 0 spiro atoms. The monoisotopic (exact) mass is 384 g/mol. The lowest BCUT2D eigenvalue weighted by Gasteiger charge is -2.07. The van der Waals surface area contributed by atoms with E-state index in [1.807, 2.05) is 48.8 Å². The maximum absolute atomic E-state index is 5.24. The molecule has 0 saturated carbocycles. The van der Waals surface area contributed by atoms with Gasteiger partial charge in [0.05, 0.1) is 12.5 Å². The summed E-state index contributed by atoms with van der Waals surface area (Å²) < 4.78 is 9.22. The van der Waals surface area contributed by atoms with Gasteiger partial charge in [0, 0.05) is 30.2 Å². The molecule has 4 aromatic heterocycles. The van der Waals surface area contributed by atoms with Gasteiger partial charge in [0.15, 0.2) is 11.5 Å². The topological polar surface area (TPSA) is 70.1 Å². The van der Waals surface area contributed by atoms with Gasteiger partial charge in [-0.1, -0.05) is 0 Å². The molecule has 0 radical (unpaired) electrons. The number of fused-ring (bicyclic) bond motifs is 3. The molecule has 0 aliphatic carbocycles. The van der Waals surface area contributed by atoms with Crippen molar-refractivity contribution in [3.05, 3.63) is 71.9 Å². The lowest BCUT2D eigenvalue weighted by atomic mass is 10.2. The molecule has 5 aromatic rings. The van der Waals surface area contributed by atoms with E-state index in [4.69, 9.17) is 14.7 Å². The van der Waals surface area contributed by atoms with Crippen molar-refractivity contribution in [2.45, 2.75) is 20.4 Å². The molecule has 0 amide bonds. The van der Waals surface area contributed by atoms with Crippen LogP contribution < -0.4 is 4.74 Å². The third-order valence-corrected chi connectivity index (χ3v) is 5.38. The zero-order chi connectivity index (χ0) is 20.0. The van der Waals surface area contributed by atoms with Gasteiger partial charge in [-0.3, -0.25) is 4.98 Å². The molecule has 5 rings (SSSR count). The van der Waals surface area contributed by atoms with E-state index in [0.29, 0.717) is 5.82 Å². The highest BCUT2D eigenvalue weighted by Gasteiger charge is 2.18. The Hall–Kier alpha value is -3.74. The molecule has 144 valence electrons. The predicted octanol–water partition coefficient (Wildman–Crippen LogP) is 3.81. The summed E-state index contributed by atoms with van der Waals surface area (Å²) in [6.07, 6.45) is 5.36. The van der Waals surface area contributed by atoms with Gasteiger partial charge in [-0.15, -0.1) is 5.10 Å². The minimum absolute atomic E-state index is 0.667. The predicted molar refractivity (Wildman–Crippen MR) is 111 cm³/mol. The summed E-state index contributed by atoms with van der Waals surface area (Å²) in [5.41, 5.74) is 6.19. The third kappa shape index (κ3) is 2.82. The maximum Gasteiger partial charge on any atom is 0.182 e. The van der Waals surface area contributed by atoms with Crippen LogP contribution in [0.4, 0.5) is 0 Å². The molecule has 7 nitrogen and oxygen atoms in total. The molecule has 0 aliphatic heterocycles. The molecule has 0 fully saturated rings. The largest absolute Gasteiger partial charge is 0.497 e. The molecule has 0 atom stereocenters. The first kappa shape index (κ1) is 17.4. The fraction of sp³-hybridized carbons (Fsp3) is 0.182. The molecule has 0 saturated heterocycles. The molecule has 29 heavy (non-hydrogen) atoms. The van der Waals surface area contributed by atoms with Gasteiger partial charge in [-0.2, -0.15) is 0 Å². The lowest BCUT2D eigenvalue weighted by molar-refractivity contribution is 0.415. The molecule has 0 unspecified atom stereocenters. The zero-order valence-electron chi connectivity index (χ0n) is 16.5. The molecule has 4 heterocycles. The Morgan fingerprint density at radius 2 is 1.72 bits per heavy atom. The van der Waals surface area contributed by atoms with E-state index < -0.39 is 0 Å². The summed E-state index contributed by atoms with van der Waals surface area (Å²) >= 11 is 0. The van der Waals surface area contributed by atoms with Crippen LogP contribution in [0.5, 0.6) is 5.75 Å². The van der Waals surface area contributed by atoms with Crippen LogP contribution in [0, 0.1) is 13.8 Å². The Morgan fingerprint density at radius 1 is 0.966 bits per heavy atom. The van der Waals surface area contributed by atoms with E-state index in [1.165, 1.54) is 16.8 Å². The number of hydrogen-bond donors (Lipinski definition) is 0. The number of aromatic nitrogens is 6. The van der Waals surface area contributed by atoms with Crippen LogP contribution in [0.2, 0.25) is 0 Å². The Bertz CT molecular complexity index is 1320. The summed E-state index contributed by atoms with van der Waals surface area (Å²) in [7, 11) is 1.66. The van der Waals surface area contributed by atoms with Crippen molar-refractivity contribution in [2.75, 3.05) is 7.11 Å². The number of methoxy groups -OCH3 is 1. The second-order valence-corrected chi connectivity index (χ2v) is 7.03. The van der Waals surface area contributed by atoms with E-state index in [2.05, 4.69) is 28.5 Å². The van der Waals surface area contributed by atoms with Crippen LogP contribution >= 0.6 is 0 Å². The number of hydrogen-bond acceptors (Lipinski definition) is 5. The number of pyridine rings is 1. The van der Waals surface area contributed by atoms with Crippen LogP contribution in [0.1, 0.15) is 16.8 Å². The van der Waals surface area contributed by atoms with Crippen LogP contribution in [0.25, 0.3) is 28.1 Å². The molecular formula is C22H20N6O. The highest BCUT2D eigenvalue weighted by atomic mass is 16.5. The lowest BCUT2D eigenvalue weighted by Crippen LogP contribution is -2.03. The van der Waals surface area contributed by atoms with Crippen LogP contribution in [0.15, 0.2) is 55.1 Å². The number of nitrogens with zero attached hydrogens (tertiary/aromatic N) is 6. The van der Waals surface area contributed by atoms with Gasteiger partial charge < -0.3 is 9.30 Å². The van der Waals surface area contributed by atoms with Crippen LogP contribution in [0.3, 0.4) is 0 Å². The van der Waals surface area contributed by atoms with Crippen molar-refractivity contribution in [3.8, 4) is 17.1 Å². The zero-order valence-corrected chi connectivity index (χ0v) is 16.5. The Morgan fingerprint density at radius 3 is 2.45 bits per heavy atom. The molecule has 0 N–H and O–H groups in total. The summed E-state index contributed by atoms with van der Waals surface area (Å²) in [4.78, 5) is 13.7. The first-order chi connectivity index (χ1) is 14.2. The van der Waals surface area contributed by atoms with E-state index in [9.17, 15) is 0 Å². The molecule has 0 bridgehead atoms. The van der Waals surface area contributed by atoms with Crippen molar-refractivity contribution in [1.29, 1.82) is 0 Å². The van der Waals surface area contributed by atoms with E-state index in [0.717, 1.165) is 34.5 Å². The standard InChI is InChI=1S/C22H20N6O/c1-14-15(2)27(12-16-8-10-23-11-9-16)21-19(14)22-25-20(26-28(22)13-24-21)17-4-6-18(29-3)7-5-17/h4-11,13H,12H2,1-3H3. The minimum atomic E-state index is 0.667. The number of rotatable bonds is 4. The average Bonchev–Trinajstić information content (AvgIpc) is 3.30. The van der Waals surface area contributed by atoms with Gasteiger partial charge in [0.25, 0.3) is 0 Å². The van der Waals surface area contributed by atoms with Gasteiger partial charge in [-0.05, 0) is 61.4 Å². The van der Waals surface area contributed by atoms with Gasteiger partial charge in [0.1, 0.15) is 17.7 Å². The minimum Gasteiger partial charge on any atom is -0.497 e. The van der Waals surface area contributed by atoms with Gasteiger partial charge in [0.2, 0.25) is 0 Å². The number of benzene rings is 1. The summed E-state index contributed by atoms with van der Waals surface area (Å²) in [5, 5.41) is 5.67. The van der Waals surface area contributed by atoms with Crippen LogP contribution in [-0.2, 0) is 6.54 Å². The maximum atomic E-state index is 5.24. The molecule has 7 heteroatoms. The fourth-order valence-corrected chi connectivity index (χ4v) is 3.66. The average molecular weight is 384 g/mol. The van der Waals surface area contributed by atoms with Crippen LogP contribution in [-0.4, -0.2) is 36.2 Å². The number of ether oxygens (including phenoxy) is 1. The first-order valence-corrected chi connectivity index (χ1v) is 9.40. The molecule has 1 aromatic carbocycles. The summed E-state index contributed by atoms with van der Waals surface area (Å²) in [5.74, 6) is 1.47. The van der Waals surface area contributed by atoms with Crippen molar-refractivity contribution in [3.63, 3.8) is 0 Å². The van der Waals surface area contributed by atoms with Gasteiger partial charge in [-0.25, -0.2) is 14.5 Å².